The lowest BCUT2D eigenvalue weighted by Gasteiger charge is -2.24. The molecule has 5 aromatic carbocycles. The van der Waals surface area contributed by atoms with Gasteiger partial charge in [-0.05, 0) is 76.6 Å². The standard InChI is InChI=1S/C32H30O9/c1-14-8-18-17(4-3-6-41-7-5-33)30(38)26-20(36)10-15(12-34)22-23-16(13-35)11-21(37)27-29(23)25(24(18)28(22)26)19(9-14)32(40-2)31(27)39/h8,10-11,33-35,38-39H,3-7,9,12-13H2,1-2H3. The molecule has 1 aliphatic rings. The van der Waals surface area contributed by atoms with Gasteiger partial charge in [-0.15, -0.1) is 0 Å². The molecule has 1 aliphatic carbocycles. The number of aromatic hydroxyl groups is 2. The Hall–Kier alpha value is -4.02. The van der Waals surface area contributed by atoms with Gasteiger partial charge in [0.05, 0.1) is 44.3 Å². The van der Waals surface area contributed by atoms with Gasteiger partial charge in [-0.3, -0.25) is 9.59 Å². The van der Waals surface area contributed by atoms with Crippen LogP contribution in [0.4, 0.5) is 0 Å². The van der Waals surface area contributed by atoms with E-state index in [0.717, 1.165) is 5.57 Å². The molecule has 0 saturated heterocycles. The molecule has 0 amide bonds. The maximum atomic E-state index is 13.6. The first-order valence-electron chi connectivity index (χ1n) is 13.5. The van der Waals surface area contributed by atoms with Gasteiger partial charge in [-0.2, -0.15) is 0 Å². The van der Waals surface area contributed by atoms with Crippen molar-refractivity contribution < 1.29 is 35.0 Å². The summed E-state index contributed by atoms with van der Waals surface area (Å²) in [5.41, 5.74) is 2.34. The van der Waals surface area contributed by atoms with Crippen molar-refractivity contribution in [1.82, 2.24) is 0 Å². The molecule has 0 saturated carbocycles. The van der Waals surface area contributed by atoms with Crippen molar-refractivity contribution in [3.8, 4) is 17.2 Å². The molecule has 0 spiro atoms. The number of hydrogen-bond donors (Lipinski definition) is 5. The maximum Gasteiger partial charge on any atom is 0.190 e. The van der Waals surface area contributed by atoms with E-state index in [0.29, 0.717) is 74.9 Å². The Morgan fingerprint density at radius 3 is 1.98 bits per heavy atom. The van der Waals surface area contributed by atoms with Crippen molar-refractivity contribution >= 4 is 49.2 Å². The monoisotopic (exact) mass is 558 g/mol. The van der Waals surface area contributed by atoms with Crippen LogP contribution in [-0.2, 0) is 30.8 Å². The molecule has 5 aromatic rings. The van der Waals surface area contributed by atoms with Crippen molar-refractivity contribution in [1.29, 1.82) is 0 Å². The summed E-state index contributed by atoms with van der Waals surface area (Å²) in [4.78, 5) is 27.1. The molecule has 41 heavy (non-hydrogen) atoms. The summed E-state index contributed by atoms with van der Waals surface area (Å²) in [6, 6.07) is 2.54. The molecular formula is C32H30O9. The van der Waals surface area contributed by atoms with Crippen LogP contribution in [0.15, 0.2) is 27.3 Å². The van der Waals surface area contributed by atoms with Gasteiger partial charge in [0.15, 0.2) is 22.4 Å². The fourth-order valence-corrected chi connectivity index (χ4v) is 6.73. The van der Waals surface area contributed by atoms with Crippen LogP contribution >= 0.6 is 0 Å². The zero-order valence-corrected chi connectivity index (χ0v) is 22.8. The predicted molar refractivity (Wildman–Crippen MR) is 157 cm³/mol. The lowest BCUT2D eigenvalue weighted by atomic mass is 9.80. The van der Waals surface area contributed by atoms with E-state index in [2.05, 4.69) is 0 Å². The van der Waals surface area contributed by atoms with Crippen LogP contribution in [0.5, 0.6) is 17.2 Å². The molecule has 6 rings (SSSR count). The number of methoxy groups -OCH3 is 1. The highest BCUT2D eigenvalue weighted by Gasteiger charge is 2.32. The number of phenolic OH excluding ortho intramolecular Hbond substituents is 2. The molecule has 212 valence electrons. The van der Waals surface area contributed by atoms with Crippen LogP contribution in [-0.4, -0.2) is 52.5 Å². The molecule has 0 aliphatic heterocycles. The Labute approximate surface area is 233 Å². The van der Waals surface area contributed by atoms with Gasteiger partial charge in [-0.1, -0.05) is 11.6 Å². The Balaban J connectivity index is 1.95. The van der Waals surface area contributed by atoms with E-state index in [1.165, 1.54) is 19.2 Å². The Kier molecular flexibility index (Phi) is 6.70. The number of benzene rings is 5. The van der Waals surface area contributed by atoms with E-state index in [1.807, 2.05) is 13.0 Å². The van der Waals surface area contributed by atoms with Gasteiger partial charge in [0, 0.05) is 28.5 Å². The number of hydrogen-bond acceptors (Lipinski definition) is 9. The first-order chi connectivity index (χ1) is 19.8. The highest BCUT2D eigenvalue weighted by molar-refractivity contribution is 6.38. The molecule has 9 heteroatoms. The smallest absolute Gasteiger partial charge is 0.190 e. The van der Waals surface area contributed by atoms with Crippen LogP contribution in [0, 0.1) is 0 Å². The summed E-state index contributed by atoms with van der Waals surface area (Å²) < 4.78 is 11.1. The Bertz CT molecular complexity index is 2010. The summed E-state index contributed by atoms with van der Waals surface area (Å²) >= 11 is 0. The number of allylic oxidation sites excluding steroid dienone is 1. The van der Waals surface area contributed by atoms with Crippen LogP contribution in [0.2, 0.25) is 0 Å². The average molecular weight is 559 g/mol. The molecule has 0 heterocycles. The first-order valence-corrected chi connectivity index (χ1v) is 13.5. The van der Waals surface area contributed by atoms with E-state index in [1.54, 1.807) is 0 Å². The predicted octanol–water partition coefficient (Wildman–Crippen LogP) is 3.20. The normalized spacial score (nSPS) is 13.2. The van der Waals surface area contributed by atoms with E-state index in [9.17, 15) is 30.0 Å². The third-order valence-electron chi connectivity index (χ3n) is 8.23. The second kappa shape index (κ2) is 10.1. The van der Waals surface area contributed by atoms with E-state index in [-0.39, 0.29) is 52.4 Å². The van der Waals surface area contributed by atoms with Gasteiger partial charge in [0.25, 0.3) is 0 Å². The minimum absolute atomic E-state index is 0.0271. The molecule has 0 fully saturated rings. The Morgan fingerprint density at radius 1 is 0.780 bits per heavy atom. The summed E-state index contributed by atoms with van der Waals surface area (Å²) in [5.74, 6) is -0.322. The molecule has 0 radical (unpaired) electrons. The second-order valence-electron chi connectivity index (χ2n) is 10.6. The van der Waals surface area contributed by atoms with Crippen molar-refractivity contribution in [2.45, 2.75) is 39.4 Å². The number of ether oxygens (including phenoxy) is 2. The van der Waals surface area contributed by atoms with Gasteiger partial charge in [0.1, 0.15) is 5.75 Å². The average Bonchev–Trinajstić information content (AvgIpc) is 3.10. The van der Waals surface area contributed by atoms with Crippen molar-refractivity contribution in [2.24, 2.45) is 0 Å². The fraction of sp³-hybridized carbons (Fsp3) is 0.312. The topological polar surface area (TPSA) is 154 Å². The lowest BCUT2D eigenvalue weighted by molar-refractivity contribution is 0.0908. The summed E-state index contributed by atoms with van der Waals surface area (Å²) in [5, 5.41) is 56.0. The summed E-state index contributed by atoms with van der Waals surface area (Å²) in [6.07, 6.45) is 3.17. The van der Waals surface area contributed by atoms with Crippen molar-refractivity contribution in [2.75, 3.05) is 26.9 Å². The Morgan fingerprint density at radius 2 is 1.39 bits per heavy atom. The fourth-order valence-electron chi connectivity index (χ4n) is 6.73. The highest BCUT2D eigenvalue weighted by Crippen LogP contribution is 2.53. The number of phenols is 2. The zero-order valence-electron chi connectivity index (χ0n) is 22.8. The number of aliphatic hydroxyl groups excluding tert-OH is 3. The number of rotatable bonds is 9. The van der Waals surface area contributed by atoms with Crippen LogP contribution in [0.1, 0.15) is 41.2 Å². The molecular weight excluding hydrogens is 528 g/mol. The van der Waals surface area contributed by atoms with Gasteiger partial charge in [0.2, 0.25) is 0 Å². The van der Waals surface area contributed by atoms with Crippen molar-refractivity contribution in [3.05, 3.63) is 66.0 Å². The minimum atomic E-state index is -0.495. The first kappa shape index (κ1) is 27.2. The molecule has 9 nitrogen and oxygen atoms in total. The van der Waals surface area contributed by atoms with Crippen LogP contribution < -0.4 is 15.6 Å². The van der Waals surface area contributed by atoms with Crippen molar-refractivity contribution in [3.63, 3.8) is 0 Å². The summed E-state index contributed by atoms with van der Waals surface area (Å²) in [6.45, 7) is 1.34. The summed E-state index contributed by atoms with van der Waals surface area (Å²) in [7, 11) is 1.42. The van der Waals surface area contributed by atoms with E-state index in [4.69, 9.17) is 14.6 Å². The number of fused-ring (bicyclic) bond motifs is 1. The van der Waals surface area contributed by atoms with E-state index >= 15 is 0 Å². The van der Waals surface area contributed by atoms with Gasteiger partial charge in [-0.25, -0.2) is 0 Å². The number of aliphatic hydroxyl groups is 3. The van der Waals surface area contributed by atoms with Gasteiger partial charge >= 0.3 is 0 Å². The lowest BCUT2D eigenvalue weighted by Crippen LogP contribution is -2.11. The van der Waals surface area contributed by atoms with Gasteiger partial charge < -0.3 is 35.0 Å². The molecule has 0 atom stereocenters. The second-order valence-corrected chi connectivity index (χ2v) is 10.6. The third-order valence-corrected chi connectivity index (χ3v) is 8.23. The zero-order chi connectivity index (χ0) is 29.2. The molecule has 0 unspecified atom stereocenters. The minimum Gasteiger partial charge on any atom is -0.507 e. The quantitative estimate of drug-likeness (QED) is 0.104. The highest BCUT2D eigenvalue weighted by atomic mass is 16.5. The maximum absolute atomic E-state index is 13.6. The third kappa shape index (κ3) is 3.77. The molecule has 5 N–H and O–H groups in total. The molecule has 0 aromatic heterocycles. The molecule has 0 bridgehead atoms. The van der Waals surface area contributed by atoms with E-state index < -0.39 is 24.1 Å². The SMILES string of the molecule is COc1c(O)c2c(=O)cc(CO)c3c4c(CO)cc(=O)c5c(O)c(CCCOCCO)c6c(c(c1CC(C)=C6)c23)c54. The van der Waals surface area contributed by atoms with Crippen LogP contribution in [0.25, 0.3) is 49.2 Å². The van der Waals surface area contributed by atoms with Crippen LogP contribution in [0.3, 0.4) is 0 Å². The largest absolute Gasteiger partial charge is 0.507 e.